The number of ether oxygens (including phenoxy) is 4. The highest BCUT2D eigenvalue weighted by atomic mass is 16.6. The van der Waals surface area contributed by atoms with Gasteiger partial charge in [0, 0.05) is 25.7 Å². The summed E-state index contributed by atoms with van der Waals surface area (Å²) in [5.74, 6) is -0.502. The number of hydrogen-bond donors (Lipinski definition) is 0. The maximum Gasteiger partial charge on any atom is 0.306 e. The Morgan fingerprint density at radius 3 is 0.695 bits per heavy atom. The van der Waals surface area contributed by atoms with E-state index in [1.807, 2.05) is 0 Å². The molecule has 0 aliphatic heterocycles. The Labute approximate surface area is 363 Å². The maximum absolute atomic E-state index is 12.3. The van der Waals surface area contributed by atoms with E-state index < -0.39 is 0 Å². The largest absolute Gasteiger partial charge is 0.458 e. The van der Waals surface area contributed by atoms with Crippen molar-refractivity contribution in [2.75, 3.05) is 0 Å². The normalized spacial score (nSPS) is 18.8. The average Bonchev–Trinajstić information content (AvgIpc) is 3.65. The molecule has 0 aromatic rings. The van der Waals surface area contributed by atoms with Crippen molar-refractivity contribution >= 4 is 23.9 Å². The second-order valence-electron chi connectivity index (χ2n) is 17.8. The molecular formula is C51H94O8. The molecular weight excluding hydrogens is 741 g/mol. The zero-order valence-electron chi connectivity index (χ0n) is 39.2. The van der Waals surface area contributed by atoms with E-state index in [2.05, 4.69) is 27.7 Å². The Morgan fingerprint density at radius 1 is 0.288 bits per heavy atom. The van der Waals surface area contributed by atoms with Crippen LogP contribution in [0.15, 0.2) is 0 Å². The van der Waals surface area contributed by atoms with Crippen molar-refractivity contribution in [2.45, 2.75) is 303 Å². The van der Waals surface area contributed by atoms with Gasteiger partial charge in [-0.25, -0.2) is 0 Å². The van der Waals surface area contributed by atoms with Crippen LogP contribution in [0.3, 0.4) is 0 Å². The van der Waals surface area contributed by atoms with Crippen molar-refractivity contribution in [3.05, 3.63) is 0 Å². The molecule has 2 fully saturated rings. The molecule has 59 heavy (non-hydrogen) atoms. The number of rotatable bonds is 36. The van der Waals surface area contributed by atoms with Crippen LogP contribution in [0.1, 0.15) is 278 Å². The zero-order chi connectivity index (χ0) is 43.0. The van der Waals surface area contributed by atoms with Crippen LogP contribution in [0.25, 0.3) is 0 Å². The number of carbonyl (C=O) groups excluding carboxylic acids is 4. The van der Waals surface area contributed by atoms with Crippen LogP contribution in [0.4, 0.5) is 0 Å². The van der Waals surface area contributed by atoms with Crippen molar-refractivity contribution in [2.24, 2.45) is 0 Å². The highest BCUT2D eigenvalue weighted by molar-refractivity contribution is 5.71. The predicted octanol–water partition coefficient (Wildman–Crippen LogP) is 14.9. The molecule has 4 atom stereocenters. The summed E-state index contributed by atoms with van der Waals surface area (Å²) in [7, 11) is 0. The highest BCUT2D eigenvalue weighted by Gasteiger charge is 2.33. The second-order valence-corrected chi connectivity index (χ2v) is 17.8. The highest BCUT2D eigenvalue weighted by Crippen LogP contribution is 2.27. The maximum atomic E-state index is 12.3. The van der Waals surface area contributed by atoms with Gasteiger partial charge >= 0.3 is 23.9 Å². The average molecular weight is 835 g/mol. The molecule has 0 aromatic heterocycles. The molecule has 8 nitrogen and oxygen atoms in total. The molecule has 346 valence electrons. The minimum atomic E-state index is -0.244. The first-order chi connectivity index (χ1) is 28.8. The fourth-order valence-electron chi connectivity index (χ4n) is 8.31. The Balaban J connectivity index is 0.000000618. The minimum Gasteiger partial charge on any atom is -0.458 e. The van der Waals surface area contributed by atoms with Crippen LogP contribution in [0.2, 0.25) is 0 Å². The van der Waals surface area contributed by atoms with E-state index in [9.17, 15) is 19.2 Å². The van der Waals surface area contributed by atoms with Crippen LogP contribution in [0.5, 0.6) is 0 Å². The standard InChI is InChI=1S/C30H56O4.C21H38O4/c1-3-5-7-9-11-13-15-17-19-25-29(31)33-27-23-21-22-24-28(27)34-30(32)26-20-18-16-14-12-10-8-6-4-2;1-3-5-7-9-11-16-20(22)24-18-14-13-15-19(18)25-21(23)17-12-10-8-6-4-2/h27-28H,3-26H2,1-2H3;18-19H,3-17H2,1-2H3/t27-,28-;18-,19-/m11/s1. The molecule has 8 heteroatoms. The topological polar surface area (TPSA) is 105 Å². The summed E-state index contributed by atoms with van der Waals surface area (Å²) in [6.07, 6.45) is 40.9. The lowest BCUT2D eigenvalue weighted by atomic mass is 9.94. The third-order valence-corrected chi connectivity index (χ3v) is 12.1. The fourth-order valence-corrected chi connectivity index (χ4v) is 8.31. The van der Waals surface area contributed by atoms with Crippen LogP contribution < -0.4 is 0 Å². The molecule has 0 bridgehead atoms. The minimum absolute atomic E-state index is 0.116. The monoisotopic (exact) mass is 835 g/mol. The van der Waals surface area contributed by atoms with Crippen molar-refractivity contribution in [1.82, 2.24) is 0 Å². The van der Waals surface area contributed by atoms with Crippen LogP contribution >= 0.6 is 0 Å². The van der Waals surface area contributed by atoms with Crippen molar-refractivity contribution in [1.29, 1.82) is 0 Å². The summed E-state index contributed by atoms with van der Waals surface area (Å²) >= 11 is 0. The smallest absolute Gasteiger partial charge is 0.306 e. The molecule has 2 aliphatic carbocycles. The van der Waals surface area contributed by atoms with Gasteiger partial charge < -0.3 is 18.9 Å². The first-order valence-electron chi connectivity index (χ1n) is 25.6. The van der Waals surface area contributed by atoms with Gasteiger partial charge in [0.15, 0.2) is 0 Å². The van der Waals surface area contributed by atoms with Crippen LogP contribution in [0, 0.1) is 0 Å². The van der Waals surface area contributed by atoms with Crippen molar-refractivity contribution < 1.29 is 38.1 Å². The van der Waals surface area contributed by atoms with Gasteiger partial charge in [-0.15, -0.1) is 0 Å². The molecule has 0 unspecified atom stereocenters. The molecule has 2 saturated carbocycles. The van der Waals surface area contributed by atoms with Crippen molar-refractivity contribution in [3.8, 4) is 0 Å². The summed E-state index contributed by atoms with van der Waals surface area (Å²) in [4.78, 5) is 48.6. The number of esters is 4. The number of unbranched alkanes of at least 4 members (excludes halogenated alkanes) is 24. The fraction of sp³-hybridized carbons (Fsp3) is 0.922. The predicted molar refractivity (Wildman–Crippen MR) is 242 cm³/mol. The van der Waals surface area contributed by atoms with Gasteiger partial charge in [-0.3, -0.25) is 19.2 Å². The molecule has 2 rings (SSSR count). The number of hydrogen-bond acceptors (Lipinski definition) is 8. The van der Waals surface area contributed by atoms with E-state index in [4.69, 9.17) is 18.9 Å². The van der Waals surface area contributed by atoms with Crippen LogP contribution in [-0.4, -0.2) is 48.3 Å². The lowest BCUT2D eigenvalue weighted by molar-refractivity contribution is -0.171. The van der Waals surface area contributed by atoms with Gasteiger partial charge in [-0.2, -0.15) is 0 Å². The first kappa shape index (κ1) is 54.9. The zero-order valence-corrected chi connectivity index (χ0v) is 39.2. The third kappa shape index (κ3) is 32.3. The van der Waals surface area contributed by atoms with E-state index in [-0.39, 0.29) is 48.3 Å². The summed E-state index contributed by atoms with van der Waals surface area (Å²) in [6.45, 7) is 8.86. The molecule has 0 spiro atoms. The van der Waals surface area contributed by atoms with Gasteiger partial charge in [-0.1, -0.05) is 182 Å². The SMILES string of the molecule is CCCCCCCC(=O)O[C@@H]1CCC[C@H]1OC(=O)CCCCCCC.CCCCCCCCCCCC(=O)O[C@@H]1CCCC[C@H]1OC(=O)CCCCCCCCCCC. The van der Waals surface area contributed by atoms with E-state index >= 15 is 0 Å². The molecule has 0 N–H and O–H groups in total. The Morgan fingerprint density at radius 2 is 0.475 bits per heavy atom. The molecule has 0 amide bonds. The molecule has 0 heterocycles. The first-order valence-corrected chi connectivity index (χ1v) is 25.6. The van der Waals surface area contributed by atoms with Gasteiger partial charge in [0.25, 0.3) is 0 Å². The summed E-state index contributed by atoms with van der Waals surface area (Å²) < 4.78 is 22.7. The molecule has 0 aromatic carbocycles. The van der Waals surface area contributed by atoms with E-state index in [1.54, 1.807) is 0 Å². The summed E-state index contributed by atoms with van der Waals surface area (Å²) in [5, 5.41) is 0. The van der Waals surface area contributed by atoms with E-state index in [1.165, 1.54) is 128 Å². The number of carbonyl (C=O) groups is 4. The van der Waals surface area contributed by atoms with E-state index in [0.29, 0.717) is 25.7 Å². The second kappa shape index (κ2) is 40.0. The summed E-state index contributed by atoms with van der Waals surface area (Å²) in [5.41, 5.74) is 0. The molecule has 0 radical (unpaired) electrons. The Bertz CT molecular complexity index is 936. The van der Waals surface area contributed by atoms with Gasteiger partial charge in [0.1, 0.15) is 24.4 Å². The Kier molecular flexibility index (Phi) is 37.2. The van der Waals surface area contributed by atoms with Gasteiger partial charge in [0.05, 0.1) is 0 Å². The van der Waals surface area contributed by atoms with Crippen LogP contribution in [-0.2, 0) is 38.1 Å². The lowest BCUT2D eigenvalue weighted by Crippen LogP contribution is -2.37. The summed E-state index contributed by atoms with van der Waals surface area (Å²) in [6, 6.07) is 0. The quantitative estimate of drug-likeness (QED) is 0.0349. The lowest BCUT2D eigenvalue weighted by Gasteiger charge is -2.30. The molecule has 0 saturated heterocycles. The molecule has 2 aliphatic rings. The van der Waals surface area contributed by atoms with Gasteiger partial charge in [0.2, 0.25) is 0 Å². The third-order valence-electron chi connectivity index (χ3n) is 12.1. The van der Waals surface area contributed by atoms with E-state index in [0.717, 1.165) is 96.3 Å². The Hall–Kier alpha value is -2.12. The van der Waals surface area contributed by atoms with Gasteiger partial charge in [-0.05, 0) is 70.6 Å². The van der Waals surface area contributed by atoms with Crippen molar-refractivity contribution in [3.63, 3.8) is 0 Å².